The van der Waals surface area contributed by atoms with E-state index in [0.29, 0.717) is 25.3 Å². The fourth-order valence-corrected chi connectivity index (χ4v) is 3.56. The van der Waals surface area contributed by atoms with E-state index in [2.05, 4.69) is 10.2 Å². The smallest absolute Gasteiger partial charge is 0.292 e. The Kier molecular flexibility index (Phi) is 6.69. The number of nitrogens with one attached hydrogen (secondary N) is 1. The molecule has 1 saturated heterocycles. The van der Waals surface area contributed by atoms with Crippen molar-refractivity contribution >= 4 is 23.0 Å². The summed E-state index contributed by atoms with van der Waals surface area (Å²) in [4.78, 5) is 27.3. The molecule has 1 amide bonds. The molecule has 1 aliphatic heterocycles. The van der Waals surface area contributed by atoms with Gasteiger partial charge in [-0.05, 0) is 24.1 Å². The van der Waals surface area contributed by atoms with Crippen LogP contribution in [-0.2, 0) is 11.2 Å². The Bertz CT molecular complexity index is 846. The highest BCUT2D eigenvalue weighted by molar-refractivity contribution is 5.78. The number of hydrogen-bond acceptors (Lipinski definition) is 5. The lowest BCUT2D eigenvalue weighted by atomic mass is 10.1. The van der Waals surface area contributed by atoms with E-state index in [-0.39, 0.29) is 22.4 Å². The van der Waals surface area contributed by atoms with Gasteiger partial charge in [0.1, 0.15) is 5.69 Å². The Labute approximate surface area is 171 Å². The third-order valence-electron chi connectivity index (χ3n) is 5.20. The molecule has 0 saturated carbocycles. The number of rotatable bonds is 7. The average molecular weight is 396 g/mol. The summed E-state index contributed by atoms with van der Waals surface area (Å²) in [5.74, 6) is 0.179. The van der Waals surface area contributed by atoms with Gasteiger partial charge in [-0.25, -0.2) is 0 Å². The summed E-state index contributed by atoms with van der Waals surface area (Å²) in [5.41, 5.74) is 2.73. The SMILES string of the molecule is CC(C)C(=O)N1CCN(c2ccc([N+](=O)[O-])c(NCCc3ccccc3)c2)CC1. The van der Waals surface area contributed by atoms with Crippen molar-refractivity contribution < 1.29 is 9.72 Å². The lowest BCUT2D eigenvalue weighted by Gasteiger charge is -2.37. The standard InChI is InChI=1S/C22H28N4O3/c1-17(2)22(27)25-14-12-24(13-15-25)19-8-9-21(26(28)29)20(16-19)23-11-10-18-6-4-3-5-7-18/h3-9,16-17,23H,10-15H2,1-2H3. The van der Waals surface area contributed by atoms with Gasteiger partial charge >= 0.3 is 0 Å². The van der Waals surface area contributed by atoms with Crippen LogP contribution in [0, 0.1) is 16.0 Å². The highest BCUT2D eigenvalue weighted by Gasteiger charge is 2.24. The first kappa shape index (κ1) is 20.6. The third-order valence-corrected chi connectivity index (χ3v) is 5.20. The van der Waals surface area contributed by atoms with E-state index in [9.17, 15) is 14.9 Å². The van der Waals surface area contributed by atoms with Crippen molar-refractivity contribution in [2.75, 3.05) is 42.9 Å². The predicted molar refractivity (Wildman–Crippen MR) is 115 cm³/mol. The second-order valence-corrected chi connectivity index (χ2v) is 7.59. The van der Waals surface area contributed by atoms with E-state index in [1.807, 2.05) is 55.1 Å². The zero-order valence-corrected chi connectivity index (χ0v) is 17.0. The molecule has 1 aliphatic rings. The minimum absolute atomic E-state index is 0.00124. The molecule has 0 radical (unpaired) electrons. The second kappa shape index (κ2) is 9.41. The average Bonchev–Trinajstić information content (AvgIpc) is 2.74. The van der Waals surface area contributed by atoms with Crippen LogP contribution < -0.4 is 10.2 Å². The van der Waals surface area contributed by atoms with Gasteiger partial charge in [0.05, 0.1) is 4.92 Å². The molecule has 0 spiro atoms. The summed E-state index contributed by atoms with van der Waals surface area (Å²) in [6.45, 7) is 7.23. The van der Waals surface area contributed by atoms with Crippen LogP contribution in [0.2, 0.25) is 0 Å². The van der Waals surface area contributed by atoms with E-state index >= 15 is 0 Å². The fraction of sp³-hybridized carbons (Fsp3) is 0.409. The van der Waals surface area contributed by atoms with Crippen molar-refractivity contribution in [2.24, 2.45) is 5.92 Å². The fourth-order valence-electron chi connectivity index (χ4n) is 3.56. The molecule has 7 nitrogen and oxygen atoms in total. The van der Waals surface area contributed by atoms with Gasteiger partial charge in [-0.15, -0.1) is 0 Å². The summed E-state index contributed by atoms with van der Waals surface area (Å²) in [6, 6.07) is 15.2. The summed E-state index contributed by atoms with van der Waals surface area (Å²) < 4.78 is 0. The molecule has 154 valence electrons. The van der Waals surface area contributed by atoms with E-state index in [1.165, 1.54) is 5.56 Å². The number of nitro groups is 1. The Morgan fingerprint density at radius 1 is 1.10 bits per heavy atom. The van der Waals surface area contributed by atoms with Crippen molar-refractivity contribution in [2.45, 2.75) is 20.3 Å². The molecule has 2 aromatic carbocycles. The minimum atomic E-state index is -0.353. The molecule has 0 atom stereocenters. The van der Waals surface area contributed by atoms with Crippen molar-refractivity contribution in [1.29, 1.82) is 0 Å². The maximum atomic E-state index is 12.2. The number of anilines is 2. The normalized spacial score (nSPS) is 14.2. The maximum absolute atomic E-state index is 12.2. The van der Waals surface area contributed by atoms with Crippen LogP contribution in [0.1, 0.15) is 19.4 Å². The Hall–Kier alpha value is -3.09. The predicted octanol–water partition coefficient (Wildman–Crippen LogP) is 3.55. The molecule has 0 unspecified atom stereocenters. The first-order valence-electron chi connectivity index (χ1n) is 10.1. The number of carbonyl (C=O) groups is 1. The van der Waals surface area contributed by atoms with Gasteiger partial charge in [0.2, 0.25) is 5.91 Å². The van der Waals surface area contributed by atoms with E-state index in [1.54, 1.807) is 12.1 Å². The lowest BCUT2D eigenvalue weighted by Crippen LogP contribution is -2.49. The molecule has 2 aromatic rings. The highest BCUT2D eigenvalue weighted by Crippen LogP contribution is 2.30. The molecule has 29 heavy (non-hydrogen) atoms. The first-order chi connectivity index (χ1) is 14.0. The van der Waals surface area contributed by atoms with Gasteiger partial charge in [0, 0.05) is 50.4 Å². The number of hydrogen-bond donors (Lipinski definition) is 1. The second-order valence-electron chi connectivity index (χ2n) is 7.59. The van der Waals surface area contributed by atoms with Gasteiger partial charge in [-0.2, -0.15) is 0 Å². The molecule has 0 bridgehead atoms. The molecule has 1 heterocycles. The van der Waals surface area contributed by atoms with Crippen molar-refractivity contribution in [1.82, 2.24) is 4.90 Å². The third kappa shape index (κ3) is 5.25. The molecule has 1 fully saturated rings. The molecule has 1 N–H and O–H groups in total. The van der Waals surface area contributed by atoms with Crippen LogP contribution >= 0.6 is 0 Å². The van der Waals surface area contributed by atoms with E-state index < -0.39 is 0 Å². The van der Waals surface area contributed by atoms with Crippen LogP contribution in [-0.4, -0.2) is 48.5 Å². The van der Waals surface area contributed by atoms with E-state index in [0.717, 1.165) is 25.2 Å². The first-order valence-corrected chi connectivity index (χ1v) is 10.1. The van der Waals surface area contributed by atoms with Crippen LogP contribution in [0.15, 0.2) is 48.5 Å². The summed E-state index contributed by atoms with van der Waals surface area (Å²) >= 11 is 0. The molecule has 3 rings (SSSR count). The number of carbonyl (C=O) groups excluding carboxylic acids is 1. The Balaban J connectivity index is 1.67. The van der Waals surface area contributed by atoms with Gasteiger partial charge < -0.3 is 15.1 Å². The number of nitro benzene ring substituents is 1. The van der Waals surface area contributed by atoms with Gasteiger partial charge in [0.15, 0.2) is 0 Å². The van der Waals surface area contributed by atoms with Gasteiger partial charge in [-0.3, -0.25) is 14.9 Å². The van der Waals surface area contributed by atoms with Gasteiger partial charge in [-0.1, -0.05) is 44.2 Å². The van der Waals surface area contributed by atoms with Gasteiger partial charge in [0.25, 0.3) is 5.69 Å². The monoisotopic (exact) mass is 396 g/mol. The quantitative estimate of drug-likeness (QED) is 0.572. The van der Waals surface area contributed by atoms with Crippen LogP contribution in [0.4, 0.5) is 17.1 Å². The minimum Gasteiger partial charge on any atom is -0.379 e. The van der Waals surface area contributed by atoms with Crippen LogP contribution in [0.5, 0.6) is 0 Å². The summed E-state index contributed by atoms with van der Waals surface area (Å²) in [5, 5.41) is 14.7. The van der Waals surface area contributed by atoms with Crippen molar-refractivity contribution in [3.63, 3.8) is 0 Å². The molecule has 0 aliphatic carbocycles. The topological polar surface area (TPSA) is 78.7 Å². The van der Waals surface area contributed by atoms with Crippen LogP contribution in [0.25, 0.3) is 0 Å². The largest absolute Gasteiger partial charge is 0.379 e. The molecular formula is C22H28N4O3. The molecule has 7 heteroatoms. The Morgan fingerprint density at radius 3 is 2.41 bits per heavy atom. The van der Waals surface area contributed by atoms with Crippen molar-refractivity contribution in [3.8, 4) is 0 Å². The zero-order chi connectivity index (χ0) is 20.8. The summed E-state index contributed by atoms with van der Waals surface area (Å²) in [6.07, 6.45) is 0.790. The van der Waals surface area contributed by atoms with Crippen LogP contribution in [0.3, 0.4) is 0 Å². The Morgan fingerprint density at radius 2 is 1.79 bits per heavy atom. The summed E-state index contributed by atoms with van der Waals surface area (Å²) in [7, 11) is 0. The lowest BCUT2D eigenvalue weighted by molar-refractivity contribution is -0.383. The van der Waals surface area contributed by atoms with E-state index in [4.69, 9.17) is 0 Å². The maximum Gasteiger partial charge on any atom is 0.292 e. The number of benzene rings is 2. The molecular weight excluding hydrogens is 368 g/mol. The zero-order valence-electron chi connectivity index (χ0n) is 17.0. The number of amides is 1. The number of piperazine rings is 1. The molecule has 0 aromatic heterocycles. The number of nitrogens with zero attached hydrogens (tertiary/aromatic N) is 3. The highest BCUT2D eigenvalue weighted by atomic mass is 16.6. The van der Waals surface area contributed by atoms with Crippen molar-refractivity contribution in [3.05, 3.63) is 64.2 Å².